The number of rotatable bonds is 4. The highest BCUT2D eigenvalue weighted by Gasteiger charge is 2.03. The molecule has 1 N–H and O–H groups in total. The van der Waals surface area contributed by atoms with E-state index in [4.69, 9.17) is 0 Å². The van der Waals surface area contributed by atoms with Gasteiger partial charge in [0.05, 0.1) is 6.54 Å². The van der Waals surface area contributed by atoms with Crippen molar-refractivity contribution in [2.24, 2.45) is 5.92 Å². The minimum absolute atomic E-state index is 0. The van der Waals surface area contributed by atoms with Gasteiger partial charge in [-0.05, 0) is 7.05 Å². The summed E-state index contributed by atoms with van der Waals surface area (Å²) in [7, 11) is 1.78. The molecule has 0 amide bonds. The Kier molecular flexibility index (Phi) is 12.6. The number of hydrogen-bond acceptors (Lipinski definition) is 2. The van der Waals surface area contributed by atoms with E-state index in [1.807, 2.05) is 13.8 Å². The molecule has 0 aromatic carbocycles. The van der Waals surface area contributed by atoms with Crippen molar-refractivity contribution in [3.63, 3.8) is 0 Å². The maximum absolute atomic E-state index is 10.7. The van der Waals surface area contributed by atoms with Crippen LogP contribution in [0.5, 0.6) is 0 Å². The van der Waals surface area contributed by atoms with Crippen molar-refractivity contribution in [3.05, 3.63) is 0 Å². The van der Waals surface area contributed by atoms with Crippen LogP contribution in [0.1, 0.15) is 42.0 Å². The highest BCUT2D eigenvalue weighted by atomic mass is 16.1. The lowest BCUT2D eigenvalue weighted by Crippen LogP contribution is -2.22. The first kappa shape index (κ1) is 14.2. The average Bonchev–Trinajstić information content (AvgIpc) is 2.05. The molecular weight excluding hydrogens is 150 g/mol. The predicted molar refractivity (Wildman–Crippen MR) is 56.5 cm³/mol. The first-order chi connectivity index (χ1) is 5.59. The van der Waals surface area contributed by atoms with Gasteiger partial charge in [-0.2, -0.15) is 0 Å². The van der Waals surface area contributed by atoms with E-state index in [0.29, 0.717) is 6.54 Å². The summed E-state index contributed by atoms with van der Waals surface area (Å²) >= 11 is 0. The molecule has 0 unspecified atom stereocenters. The van der Waals surface area contributed by atoms with Gasteiger partial charge < -0.3 is 5.32 Å². The molecule has 0 atom stereocenters. The molecule has 0 heterocycles. The van der Waals surface area contributed by atoms with Gasteiger partial charge in [-0.25, -0.2) is 0 Å². The minimum Gasteiger partial charge on any atom is -0.313 e. The number of unbranched alkanes of at least 4 members (excludes halogenated alkanes) is 1. The largest absolute Gasteiger partial charge is 0.313 e. The van der Waals surface area contributed by atoms with Gasteiger partial charge in [-0.3, -0.25) is 4.79 Å². The molecule has 0 fully saturated rings. The van der Waals surface area contributed by atoms with Crippen molar-refractivity contribution in [3.8, 4) is 0 Å². The van der Waals surface area contributed by atoms with E-state index >= 15 is 0 Å². The Morgan fingerprint density at radius 2 is 1.75 bits per heavy atom. The number of hydrogen-bond donors (Lipinski definition) is 1. The van der Waals surface area contributed by atoms with Crippen molar-refractivity contribution in [2.75, 3.05) is 13.6 Å². The van der Waals surface area contributed by atoms with Gasteiger partial charge in [-0.1, -0.05) is 40.5 Å². The highest BCUT2D eigenvalue weighted by molar-refractivity contribution is 5.82. The summed E-state index contributed by atoms with van der Waals surface area (Å²) < 4.78 is 0. The number of carbonyl (C=O) groups excluding carboxylic acids is 1. The third kappa shape index (κ3) is 12.3. The summed E-state index contributed by atoms with van der Waals surface area (Å²) in [6.07, 6.45) is 2.64. The Hall–Kier alpha value is -0.370. The Balaban J connectivity index is -0.000000173. The molecule has 2 heteroatoms. The zero-order valence-electron chi connectivity index (χ0n) is 9.11. The molecule has 76 valence electrons. The fourth-order valence-corrected chi connectivity index (χ4v) is 0.378. The van der Waals surface area contributed by atoms with Crippen LogP contribution in [0.4, 0.5) is 0 Å². The number of Topliss-reactive ketones (excluding diaryl/α,β-unsaturated/α-hetero) is 1. The van der Waals surface area contributed by atoms with Gasteiger partial charge in [0.1, 0.15) is 5.78 Å². The average molecular weight is 175 g/mol. The summed E-state index contributed by atoms with van der Waals surface area (Å²) in [5.41, 5.74) is 0. The molecule has 2 nitrogen and oxygen atoms in total. The number of carbonyl (C=O) groups is 1. The fraction of sp³-hybridized carbons (Fsp3) is 0.900. The first-order valence-corrected chi connectivity index (χ1v) is 4.77. The normalized spacial score (nSPS) is 9.17. The fourth-order valence-electron chi connectivity index (χ4n) is 0.378. The van der Waals surface area contributed by atoms with Gasteiger partial charge >= 0.3 is 0 Å². The standard InChI is InChI=1S/C6H13NO.C4H10.H2/c1-5(2)6(8)4-7-3;1-3-4-2;/h5,7H,4H2,1-3H3;3-4H2,1-2H3;1H. The molecule has 0 saturated carbocycles. The quantitative estimate of drug-likeness (QED) is 0.711. The van der Waals surface area contributed by atoms with Gasteiger partial charge in [-0.15, -0.1) is 0 Å². The first-order valence-electron chi connectivity index (χ1n) is 4.77. The summed E-state index contributed by atoms with van der Waals surface area (Å²) in [5, 5.41) is 2.80. The van der Waals surface area contributed by atoms with Crippen molar-refractivity contribution >= 4 is 5.78 Å². The molecule has 0 aliphatic heterocycles. The van der Waals surface area contributed by atoms with Gasteiger partial charge in [0.15, 0.2) is 0 Å². The lowest BCUT2D eigenvalue weighted by molar-refractivity contribution is -0.120. The zero-order chi connectivity index (χ0) is 9.98. The SMILES string of the molecule is CCCC.CNCC(=O)C(C)C.[HH]. The van der Waals surface area contributed by atoms with Crippen LogP contribution in [-0.4, -0.2) is 19.4 Å². The maximum atomic E-state index is 10.7. The van der Waals surface area contributed by atoms with Gasteiger partial charge in [0, 0.05) is 7.34 Å². The predicted octanol–water partition coefficient (Wildman–Crippen LogP) is 2.48. The van der Waals surface area contributed by atoms with Crippen molar-refractivity contribution in [1.29, 1.82) is 0 Å². The van der Waals surface area contributed by atoms with Crippen LogP contribution < -0.4 is 5.32 Å². The van der Waals surface area contributed by atoms with Gasteiger partial charge in [0.25, 0.3) is 0 Å². The lowest BCUT2D eigenvalue weighted by Gasteiger charge is -2.00. The summed E-state index contributed by atoms with van der Waals surface area (Å²) in [6.45, 7) is 8.66. The van der Waals surface area contributed by atoms with E-state index in [-0.39, 0.29) is 13.1 Å². The van der Waals surface area contributed by atoms with Crippen molar-refractivity contribution in [1.82, 2.24) is 5.32 Å². The van der Waals surface area contributed by atoms with Gasteiger partial charge in [0.2, 0.25) is 0 Å². The third-order valence-corrected chi connectivity index (χ3v) is 1.49. The molecule has 0 aromatic rings. The Bertz CT molecular complexity index is 103. The summed E-state index contributed by atoms with van der Waals surface area (Å²) in [5.74, 6) is 0.440. The second-order valence-electron chi connectivity index (χ2n) is 3.15. The minimum atomic E-state index is 0. The van der Waals surface area contributed by atoms with Crippen LogP contribution in [0.15, 0.2) is 0 Å². The van der Waals surface area contributed by atoms with Crippen LogP contribution in [0.3, 0.4) is 0 Å². The van der Waals surface area contributed by atoms with Crippen LogP contribution in [0.2, 0.25) is 0 Å². The van der Waals surface area contributed by atoms with E-state index in [1.165, 1.54) is 12.8 Å². The molecule has 0 saturated heterocycles. The molecule has 0 spiro atoms. The van der Waals surface area contributed by atoms with Crippen LogP contribution >= 0.6 is 0 Å². The molecule has 12 heavy (non-hydrogen) atoms. The van der Waals surface area contributed by atoms with Crippen LogP contribution in [0.25, 0.3) is 0 Å². The molecule has 0 aliphatic rings. The highest BCUT2D eigenvalue weighted by Crippen LogP contribution is 1.90. The van der Waals surface area contributed by atoms with E-state index in [0.717, 1.165) is 0 Å². The van der Waals surface area contributed by atoms with E-state index in [2.05, 4.69) is 19.2 Å². The maximum Gasteiger partial charge on any atom is 0.149 e. The zero-order valence-corrected chi connectivity index (χ0v) is 9.11. The number of ketones is 1. The van der Waals surface area contributed by atoms with E-state index in [9.17, 15) is 4.79 Å². The molecule has 0 bridgehead atoms. The second-order valence-corrected chi connectivity index (χ2v) is 3.15. The number of nitrogens with one attached hydrogen (secondary N) is 1. The Morgan fingerprint density at radius 1 is 1.33 bits per heavy atom. The number of likely N-dealkylation sites (N-methyl/N-ethyl adjacent to an activating group) is 1. The Morgan fingerprint density at radius 3 is 1.83 bits per heavy atom. The van der Waals surface area contributed by atoms with Crippen LogP contribution in [-0.2, 0) is 4.79 Å². The smallest absolute Gasteiger partial charge is 0.149 e. The molecule has 0 aromatic heterocycles. The van der Waals surface area contributed by atoms with E-state index < -0.39 is 0 Å². The lowest BCUT2D eigenvalue weighted by atomic mass is 10.1. The molecular formula is C10H25NO. The molecule has 0 rings (SSSR count). The third-order valence-electron chi connectivity index (χ3n) is 1.49. The summed E-state index contributed by atoms with van der Waals surface area (Å²) in [4.78, 5) is 10.7. The molecule has 0 aliphatic carbocycles. The Labute approximate surface area is 78.2 Å². The van der Waals surface area contributed by atoms with Crippen molar-refractivity contribution < 1.29 is 6.22 Å². The van der Waals surface area contributed by atoms with E-state index in [1.54, 1.807) is 7.05 Å². The topological polar surface area (TPSA) is 29.1 Å². The molecule has 0 radical (unpaired) electrons. The second kappa shape index (κ2) is 10.6. The monoisotopic (exact) mass is 175 g/mol. The van der Waals surface area contributed by atoms with Crippen molar-refractivity contribution in [2.45, 2.75) is 40.5 Å². The summed E-state index contributed by atoms with van der Waals surface area (Å²) in [6, 6.07) is 0. The van der Waals surface area contributed by atoms with Crippen LogP contribution in [0, 0.1) is 5.92 Å².